The van der Waals surface area contributed by atoms with E-state index >= 15 is 4.39 Å². The van der Waals surface area contributed by atoms with Crippen molar-refractivity contribution in [2.75, 3.05) is 62.4 Å². The minimum Gasteiger partial charge on any atom is -0.367 e. The van der Waals surface area contributed by atoms with Crippen molar-refractivity contribution in [3.8, 4) is 0 Å². The molecule has 2 aliphatic rings. The van der Waals surface area contributed by atoms with E-state index in [4.69, 9.17) is 0 Å². The standard InChI is InChI=1S/C32H38F4N8O2/c1-19-15-44(16-20(2)42(19)5)28-11-26(33)23(9-27(28)40-30(46)24-14-37-29(45)10-25(24)32(34,35)36)22-7-6-8-43(18-22)31-38-12-21(13-39-31)17-41(3)4/h7,9-14,19-20H,6,8,15-18H2,1-5H3,(H,37,45)(H,40,46)/t19-,20+. The molecule has 1 aromatic carbocycles. The largest absolute Gasteiger partial charge is 0.417 e. The average Bonchev–Trinajstić information content (AvgIpc) is 3.00. The number of carbonyl (C=O) groups is 1. The second-order valence-corrected chi connectivity index (χ2v) is 12.3. The molecule has 0 radical (unpaired) electrons. The second-order valence-electron chi connectivity index (χ2n) is 12.3. The number of aromatic nitrogens is 3. The van der Waals surface area contributed by atoms with Crippen LogP contribution in [0.25, 0.3) is 5.57 Å². The molecular formula is C32H38F4N8O2. The number of aromatic amines is 1. The molecule has 14 heteroatoms. The zero-order valence-corrected chi connectivity index (χ0v) is 26.5. The summed E-state index contributed by atoms with van der Waals surface area (Å²) >= 11 is 0. The Bertz CT molecular complexity index is 1660. The van der Waals surface area contributed by atoms with Crippen molar-refractivity contribution in [1.29, 1.82) is 0 Å². The summed E-state index contributed by atoms with van der Waals surface area (Å²) in [5, 5.41) is 2.62. The summed E-state index contributed by atoms with van der Waals surface area (Å²) < 4.78 is 57.5. The highest BCUT2D eigenvalue weighted by atomic mass is 19.4. The van der Waals surface area contributed by atoms with Crippen LogP contribution in [0.4, 0.5) is 34.9 Å². The third kappa shape index (κ3) is 7.23. The second kappa shape index (κ2) is 13.2. The molecule has 1 fully saturated rings. The Morgan fingerprint density at radius 2 is 1.76 bits per heavy atom. The Morgan fingerprint density at radius 3 is 2.39 bits per heavy atom. The number of nitrogens with zero attached hydrogens (tertiary/aromatic N) is 6. The van der Waals surface area contributed by atoms with Gasteiger partial charge in [-0.05, 0) is 59.1 Å². The third-order valence-corrected chi connectivity index (χ3v) is 8.48. The van der Waals surface area contributed by atoms with Gasteiger partial charge in [-0.2, -0.15) is 13.2 Å². The molecular weight excluding hydrogens is 604 g/mol. The Balaban J connectivity index is 1.51. The first-order chi connectivity index (χ1) is 21.7. The van der Waals surface area contributed by atoms with Crippen LogP contribution in [0.2, 0.25) is 0 Å². The van der Waals surface area contributed by atoms with E-state index in [0.29, 0.717) is 55.9 Å². The topological polar surface area (TPSA) is 101 Å². The molecule has 0 aliphatic carbocycles. The number of alkyl halides is 3. The fraction of sp³-hybridized carbons (Fsp3) is 0.438. The molecule has 1 saturated heterocycles. The fourth-order valence-corrected chi connectivity index (χ4v) is 5.92. The summed E-state index contributed by atoms with van der Waals surface area (Å²) in [5.41, 5.74) is -0.790. The zero-order chi connectivity index (χ0) is 33.3. The van der Waals surface area contributed by atoms with Crippen molar-refractivity contribution in [2.24, 2.45) is 0 Å². The number of halogens is 4. The van der Waals surface area contributed by atoms with Crippen LogP contribution in [-0.4, -0.2) is 90.1 Å². The Labute approximate surface area is 264 Å². The molecule has 4 heterocycles. The normalized spacial score (nSPS) is 19.4. The van der Waals surface area contributed by atoms with Crippen molar-refractivity contribution in [3.63, 3.8) is 0 Å². The van der Waals surface area contributed by atoms with E-state index in [2.05, 4.69) is 25.2 Å². The lowest BCUT2D eigenvalue weighted by atomic mass is 9.98. The van der Waals surface area contributed by atoms with E-state index in [1.54, 1.807) is 12.4 Å². The number of hydrogen-bond donors (Lipinski definition) is 2. The molecule has 5 rings (SSSR count). The van der Waals surface area contributed by atoms with Crippen molar-refractivity contribution in [1.82, 2.24) is 24.8 Å². The van der Waals surface area contributed by atoms with E-state index in [1.165, 1.54) is 12.1 Å². The number of benzene rings is 1. The number of H-pyrrole nitrogens is 1. The van der Waals surface area contributed by atoms with E-state index in [1.807, 2.05) is 55.8 Å². The van der Waals surface area contributed by atoms with E-state index in [9.17, 15) is 22.8 Å². The number of carbonyl (C=O) groups excluding carboxylic acids is 1. The zero-order valence-electron chi connectivity index (χ0n) is 26.5. The van der Waals surface area contributed by atoms with Crippen LogP contribution in [0, 0.1) is 5.82 Å². The highest BCUT2D eigenvalue weighted by Gasteiger charge is 2.36. The molecule has 1 amide bonds. The van der Waals surface area contributed by atoms with Crippen molar-refractivity contribution in [2.45, 2.75) is 45.1 Å². The number of likely N-dealkylation sites (N-methyl/N-ethyl adjacent to an activating group) is 1. The van der Waals surface area contributed by atoms with Crippen LogP contribution in [0.5, 0.6) is 0 Å². The van der Waals surface area contributed by atoms with E-state index in [-0.39, 0.29) is 29.9 Å². The monoisotopic (exact) mass is 642 g/mol. The maximum atomic E-state index is 16.0. The Kier molecular flexibility index (Phi) is 9.49. The number of hydrogen-bond acceptors (Lipinski definition) is 8. The predicted molar refractivity (Wildman–Crippen MR) is 170 cm³/mol. The summed E-state index contributed by atoms with van der Waals surface area (Å²) in [6.45, 7) is 6.65. The smallest absolute Gasteiger partial charge is 0.367 e. The van der Waals surface area contributed by atoms with Gasteiger partial charge in [0.05, 0.1) is 22.5 Å². The van der Waals surface area contributed by atoms with Crippen LogP contribution in [0.1, 0.15) is 47.3 Å². The molecule has 0 saturated carbocycles. The van der Waals surface area contributed by atoms with Gasteiger partial charge < -0.3 is 25.0 Å². The average molecular weight is 643 g/mol. The molecule has 0 bridgehead atoms. The number of anilines is 3. The van der Waals surface area contributed by atoms with Crippen molar-refractivity contribution < 1.29 is 22.4 Å². The third-order valence-electron chi connectivity index (χ3n) is 8.48. The number of nitrogens with one attached hydrogen (secondary N) is 2. The molecule has 2 aliphatic heterocycles. The molecule has 2 N–H and O–H groups in total. The van der Waals surface area contributed by atoms with Crippen LogP contribution in [0.3, 0.4) is 0 Å². The van der Waals surface area contributed by atoms with Gasteiger partial charge in [0, 0.05) is 80.6 Å². The number of amides is 1. The SMILES string of the molecule is C[C@@H]1CN(c2cc(F)c(C3=CCCN(c4ncc(CN(C)C)cn4)C3)cc2NC(=O)c2c[nH]c(=O)cc2C(F)(F)F)C[C@H](C)N1C. The lowest BCUT2D eigenvalue weighted by molar-refractivity contribution is -0.138. The lowest BCUT2D eigenvalue weighted by Gasteiger charge is -2.44. The summed E-state index contributed by atoms with van der Waals surface area (Å²) in [5.74, 6) is -1.11. The van der Waals surface area contributed by atoms with Gasteiger partial charge >= 0.3 is 6.18 Å². The first-order valence-corrected chi connectivity index (χ1v) is 15.0. The van der Waals surface area contributed by atoms with Gasteiger partial charge in [0.1, 0.15) is 5.82 Å². The minimum absolute atomic E-state index is 0.0878. The van der Waals surface area contributed by atoms with Gasteiger partial charge in [0.25, 0.3) is 5.91 Å². The van der Waals surface area contributed by atoms with Gasteiger partial charge in [-0.25, -0.2) is 14.4 Å². The molecule has 46 heavy (non-hydrogen) atoms. The van der Waals surface area contributed by atoms with Gasteiger partial charge in [-0.1, -0.05) is 6.08 Å². The van der Waals surface area contributed by atoms with Crippen LogP contribution in [-0.2, 0) is 12.7 Å². The summed E-state index contributed by atoms with van der Waals surface area (Å²) in [7, 11) is 5.90. The number of rotatable bonds is 7. The lowest BCUT2D eigenvalue weighted by Crippen LogP contribution is -2.55. The first kappa shape index (κ1) is 33.1. The highest BCUT2D eigenvalue weighted by molar-refractivity contribution is 6.07. The molecule has 2 atom stereocenters. The summed E-state index contributed by atoms with van der Waals surface area (Å²) in [4.78, 5) is 44.3. The number of piperazine rings is 1. The fourth-order valence-electron chi connectivity index (χ4n) is 5.92. The maximum absolute atomic E-state index is 16.0. The maximum Gasteiger partial charge on any atom is 0.417 e. The molecule has 3 aromatic rings. The number of pyridine rings is 1. The van der Waals surface area contributed by atoms with Gasteiger partial charge in [-0.3, -0.25) is 14.5 Å². The molecule has 0 spiro atoms. The first-order valence-electron chi connectivity index (χ1n) is 15.0. The van der Waals surface area contributed by atoms with Crippen molar-refractivity contribution >= 4 is 28.8 Å². The molecule has 0 unspecified atom stereocenters. The highest BCUT2D eigenvalue weighted by Crippen LogP contribution is 2.37. The van der Waals surface area contributed by atoms with E-state index < -0.39 is 34.6 Å². The van der Waals surface area contributed by atoms with Gasteiger partial charge in [-0.15, -0.1) is 0 Å². The van der Waals surface area contributed by atoms with Crippen molar-refractivity contribution in [3.05, 3.63) is 81.3 Å². The van der Waals surface area contributed by atoms with Crippen LogP contribution >= 0.6 is 0 Å². The Morgan fingerprint density at radius 1 is 1.09 bits per heavy atom. The molecule has 10 nitrogen and oxygen atoms in total. The Hall–Kier alpha value is -4.30. The quantitative estimate of drug-likeness (QED) is 0.365. The van der Waals surface area contributed by atoms with Gasteiger partial charge in [0.2, 0.25) is 11.5 Å². The van der Waals surface area contributed by atoms with Gasteiger partial charge in [0.15, 0.2) is 0 Å². The predicted octanol–water partition coefficient (Wildman–Crippen LogP) is 4.46. The summed E-state index contributed by atoms with van der Waals surface area (Å²) in [6.07, 6.45) is 1.81. The summed E-state index contributed by atoms with van der Waals surface area (Å²) in [6, 6.07) is 3.34. The molecule has 2 aromatic heterocycles. The van der Waals surface area contributed by atoms with Crippen LogP contribution in [0.15, 0.2) is 47.7 Å². The van der Waals surface area contributed by atoms with E-state index in [0.717, 1.165) is 11.8 Å². The van der Waals surface area contributed by atoms with Crippen LogP contribution < -0.4 is 20.7 Å². The molecule has 246 valence electrons. The minimum atomic E-state index is -4.94.